The van der Waals surface area contributed by atoms with Crippen LogP contribution in [0.1, 0.15) is 42.1 Å². The highest BCUT2D eigenvalue weighted by Gasteiger charge is 2.36. The molecule has 0 aromatic carbocycles. The number of hydrogen-bond donors (Lipinski definition) is 0. The number of rotatable bonds is 4. The van der Waals surface area contributed by atoms with Gasteiger partial charge in [-0.1, -0.05) is 0 Å². The van der Waals surface area contributed by atoms with Gasteiger partial charge in [0.05, 0.1) is 6.26 Å². The Morgan fingerprint density at radius 3 is 2.80 bits per heavy atom. The standard InChI is InChI=1S/C15H18N2O2S/c1-9(2)17(11-6-7-11)15(18)13-10(3)20-14(16-13)12-5-4-8-19-12/h4-5,8-9,11H,6-7H2,1-3H3. The molecule has 1 fully saturated rings. The average Bonchev–Trinajstić information content (AvgIpc) is 2.92. The van der Waals surface area contributed by atoms with Crippen LogP contribution in [0.15, 0.2) is 22.8 Å². The fourth-order valence-corrected chi connectivity index (χ4v) is 3.27. The number of furan rings is 1. The van der Waals surface area contributed by atoms with Gasteiger partial charge in [0.1, 0.15) is 5.69 Å². The molecule has 0 N–H and O–H groups in total. The number of carbonyl (C=O) groups is 1. The Hall–Kier alpha value is -1.62. The first kappa shape index (κ1) is 13.4. The van der Waals surface area contributed by atoms with Gasteiger partial charge in [-0.25, -0.2) is 4.98 Å². The molecule has 0 saturated heterocycles. The molecule has 0 unspecified atom stereocenters. The summed E-state index contributed by atoms with van der Waals surface area (Å²) in [5.74, 6) is 0.772. The van der Waals surface area contributed by atoms with Crippen LogP contribution in [0.3, 0.4) is 0 Å². The lowest BCUT2D eigenvalue weighted by atomic mass is 10.2. The summed E-state index contributed by atoms with van der Waals surface area (Å²) in [4.78, 5) is 20.1. The van der Waals surface area contributed by atoms with E-state index >= 15 is 0 Å². The minimum atomic E-state index is 0.0501. The third-order valence-electron chi connectivity index (χ3n) is 3.46. The summed E-state index contributed by atoms with van der Waals surface area (Å²) < 4.78 is 5.36. The Kier molecular flexibility index (Phi) is 3.38. The molecule has 1 aliphatic carbocycles. The van der Waals surface area contributed by atoms with Crippen molar-refractivity contribution < 1.29 is 9.21 Å². The lowest BCUT2D eigenvalue weighted by Gasteiger charge is -2.26. The van der Waals surface area contributed by atoms with Gasteiger partial charge in [0.2, 0.25) is 0 Å². The second kappa shape index (κ2) is 5.05. The van der Waals surface area contributed by atoms with E-state index in [4.69, 9.17) is 4.42 Å². The Bertz CT molecular complexity index is 610. The molecule has 0 bridgehead atoms. The molecule has 3 rings (SSSR count). The zero-order valence-corrected chi connectivity index (χ0v) is 12.7. The smallest absolute Gasteiger partial charge is 0.274 e. The van der Waals surface area contributed by atoms with Crippen LogP contribution in [0.4, 0.5) is 0 Å². The third kappa shape index (κ3) is 2.38. The van der Waals surface area contributed by atoms with E-state index in [1.54, 1.807) is 6.26 Å². The van der Waals surface area contributed by atoms with Crippen molar-refractivity contribution in [2.24, 2.45) is 0 Å². The van der Waals surface area contributed by atoms with E-state index in [2.05, 4.69) is 18.8 Å². The first-order chi connectivity index (χ1) is 9.58. The maximum Gasteiger partial charge on any atom is 0.274 e. The predicted octanol–water partition coefficient (Wildman–Crippen LogP) is 3.72. The zero-order valence-electron chi connectivity index (χ0n) is 11.9. The number of amides is 1. The number of carbonyl (C=O) groups excluding carboxylic acids is 1. The third-order valence-corrected chi connectivity index (χ3v) is 4.45. The number of aryl methyl sites for hydroxylation is 1. The van der Waals surface area contributed by atoms with E-state index < -0.39 is 0 Å². The summed E-state index contributed by atoms with van der Waals surface area (Å²) in [6, 6.07) is 4.31. The normalized spacial score (nSPS) is 14.8. The molecule has 0 aliphatic heterocycles. The van der Waals surface area contributed by atoms with E-state index in [-0.39, 0.29) is 11.9 Å². The first-order valence-electron chi connectivity index (χ1n) is 6.92. The van der Waals surface area contributed by atoms with Crippen LogP contribution in [-0.2, 0) is 0 Å². The van der Waals surface area contributed by atoms with Gasteiger partial charge >= 0.3 is 0 Å². The summed E-state index contributed by atoms with van der Waals surface area (Å²) in [5.41, 5.74) is 0.571. The van der Waals surface area contributed by atoms with Crippen LogP contribution in [0.5, 0.6) is 0 Å². The molecule has 2 aromatic heterocycles. The van der Waals surface area contributed by atoms with Crippen molar-refractivity contribution in [3.63, 3.8) is 0 Å². The molecular weight excluding hydrogens is 272 g/mol. The van der Waals surface area contributed by atoms with Crippen molar-refractivity contribution in [3.8, 4) is 10.8 Å². The molecule has 0 radical (unpaired) electrons. The molecule has 4 nitrogen and oxygen atoms in total. The van der Waals surface area contributed by atoms with Crippen molar-refractivity contribution in [3.05, 3.63) is 29.0 Å². The van der Waals surface area contributed by atoms with E-state index in [0.717, 1.165) is 28.5 Å². The van der Waals surface area contributed by atoms with Crippen molar-refractivity contribution >= 4 is 17.2 Å². The number of aromatic nitrogens is 1. The number of nitrogens with zero attached hydrogens (tertiary/aromatic N) is 2. The molecule has 1 amide bonds. The Morgan fingerprint density at radius 1 is 1.50 bits per heavy atom. The number of thiazole rings is 1. The monoisotopic (exact) mass is 290 g/mol. The summed E-state index contributed by atoms with van der Waals surface area (Å²) >= 11 is 1.51. The molecule has 1 aliphatic rings. The molecular formula is C15H18N2O2S. The zero-order chi connectivity index (χ0) is 14.3. The summed E-state index contributed by atoms with van der Waals surface area (Å²) in [6.07, 6.45) is 3.84. The molecule has 0 atom stereocenters. The van der Waals surface area contributed by atoms with Crippen LogP contribution in [0, 0.1) is 6.92 Å². The van der Waals surface area contributed by atoms with Gasteiger partial charge in [0.15, 0.2) is 10.8 Å². The fraction of sp³-hybridized carbons (Fsp3) is 0.467. The number of hydrogen-bond acceptors (Lipinski definition) is 4. The lowest BCUT2D eigenvalue weighted by Crippen LogP contribution is -2.39. The Balaban J connectivity index is 1.91. The van der Waals surface area contributed by atoms with E-state index in [9.17, 15) is 4.79 Å². The molecule has 2 aromatic rings. The Morgan fingerprint density at radius 2 is 2.25 bits per heavy atom. The second-order valence-corrected chi connectivity index (χ2v) is 6.64. The van der Waals surface area contributed by atoms with Gasteiger partial charge in [-0.2, -0.15) is 0 Å². The molecule has 20 heavy (non-hydrogen) atoms. The van der Waals surface area contributed by atoms with E-state index in [0.29, 0.717) is 11.7 Å². The van der Waals surface area contributed by atoms with Gasteiger partial charge in [-0.3, -0.25) is 4.79 Å². The summed E-state index contributed by atoms with van der Waals surface area (Å²) in [7, 11) is 0. The van der Waals surface area contributed by atoms with Crippen LogP contribution >= 0.6 is 11.3 Å². The average molecular weight is 290 g/mol. The highest BCUT2D eigenvalue weighted by molar-refractivity contribution is 7.15. The topological polar surface area (TPSA) is 46.3 Å². The minimum Gasteiger partial charge on any atom is -0.462 e. The van der Waals surface area contributed by atoms with Crippen molar-refractivity contribution in [2.45, 2.75) is 45.7 Å². The van der Waals surface area contributed by atoms with Gasteiger partial charge in [-0.05, 0) is 45.7 Å². The molecule has 1 saturated carbocycles. The summed E-state index contributed by atoms with van der Waals surface area (Å²) in [5, 5.41) is 0.773. The van der Waals surface area contributed by atoms with Gasteiger partial charge in [0, 0.05) is 17.0 Å². The van der Waals surface area contributed by atoms with E-state index in [1.807, 2.05) is 24.0 Å². The quantitative estimate of drug-likeness (QED) is 0.862. The highest BCUT2D eigenvalue weighted by Crippen LogP contribution is 2.33. The van der Waals surface area contributed by atoms with Crippen LogP contribution in [-0.4, -0.2) is 27.9 Å². The molecule has 2 heterocycles. The second-order valence-electron chi connectivity index (χ2n) is 5.44. The lowest BCUT2D eigenvalue weighted by molar-refractivity contribution is 0.0684. The van der Waals surface area contributed by atoms with Crippen LogP contribution in [0.25, 0.3) is 10.8 Å². The van der Waals surface area contributed by atoms with Crippen LogP contribution in [0.2, 0.25) is 0 Å². The van der Waals surface area contributed by atoms with Gasteiger partial charge < -0.3 is 9.32 Å². The maximum absolute atomic E-state index is 12.7. The van der Waals surface area contributed by atoms with E-state index in [1.165, 1.54) is 11.3 Å². The van der Waals surface area contributed by atoms with Crippen LogP contribution < -0.4 is 0 Å². The van der Waals surface area contributed by atoms with Crippen molar-refractivity contribution in [1.82, 2.24) is 9.88 Å². The fourth-order valence-electron chi connectivity index (χ4n) is 2.40. The van der Waals surface area contributed by atoms with Crippen molar-refractivity contribution in [1.29, 1.82) is 0 Å². The summed E-state index contributed by atoms with van der Waals surface area (Å²) in [6.45, 7) is 6.07. The Labute approximate surface area is 122 Å². The van der Waals surface area contributed by atoms with Gasteiger partial charge in [-0.15, -0.1) is 11.3 Å². The molecule has 5 heteroatoms. The maximum atomic E-state index is 12.7. The van der Waals surface area contributed by atoms with Crippen molar-refractivity contribution in [2.75, 3.05) is 0 Å². The van der Waals surface area contributed by atoms with Gasteiger partial charge in [0.25, 0.3) is 5.91 Å². The predicted molar refractivity (Wildman–Crippen MR) is 78.9 cm³/mol. The minimum absolute atomic E-state index is 0.0501. The molecule has 106 valence electrons. The SMILES string of the molecule is Cc1sc(-c2ccco2)nc1C(=O)N(C(C)C)C1CC1. The largest absolute Gasteiger partial charge is 0.462 e. The molecule has 0 spiro atoms. The first-order valence-corrected chi connectivity index (χ1v) is 7.73. The highest BCUT2D eigenvalue weighted by atomic mass is 32.1.